The molecule has 1 aliphatic heterocycles. The van der Waals surface area contributed by atoms with E-state index in [2.05, 4.69) is 63.7 Å². The second-order valence-electron chi connectivity index (χ2n) is 7.09. The number of guanidine groups is 1. The Morgan fingerprint density at radius 1 is 1.15 bits per heavy atom. The highest BCUT2D eigenvalue weighted by Gasteiger charge is 2.17. The van der Waals surface area contributed by atoms with Crippen molar-refractivity contribution < 1.29 is 0 Å². The van der Waals surface area contributed by atoms with Gasteiger partial charge in [-0.2, -0.15) is 0 Å². The molecule has 1 fully saturated rings. The van der Waals surface area contributed by atoms with Crippen LogP contribution >= 0.6 is 35.3 Å². The van der Waals surface area contributed by atoms with Crippen LogP contribution in [0, 0.1) is 5.92 Å². The maximum Gasteiger partial charge on any atom is 0.191 e. The molecule has 2 heterocycles. The highest BCUT2D eigenvalue weighted by Crippen LogP contribution is 2.19. The van der Waals surface area contributed by atoms with E-state index in [9.17, 15) is 0 Å². The zero-order chi connectivity index (χ0) is 18.1. The fourth-order valence-corrected chi connectivity index (χ4v) is 3.99. The van der Waals surface area contributed by atoms with Crippen LogP contribution in [0.2, 0.25) is 0 Å². The van der Waals surface area contributed by atoms with Gasteiger partial charge in [0.2, 0.25) is 0 Å². The summed E-state index contributed by atoms with van der Waals surface area (Å²) in [5.41, 5.74) is 0. The third kappa shape index (κ3) is 8.10. The minimum Gasteiger partial charge on any atom is -0.356 e. The Labute approximate surface area is 180 Å². The molecule has 0 aromatic carbocycles. The summed E-state index contributed by atoms with van der Waals surface area (Å²) in [6, 6.07) is 4.32. The third-order valence-corrected chi connectivity index (χ3v) is 6.03. The SMILES string of the molecule is CCN1CCN(CC(C)CNC(=NC)NCC(C)c2cccs2)CC1.I. The molecule has 2 atom stereocenters. The van der Waals surface area contributed by atoms with Crippen LogP contribution in [-0.4, -0.2) is 75.2 Å². The molecule has 0 amide bonds. The number of thiophene rings is 1. The van der Waals surface area contributed by atoms with Crippen LogP contribution in [0.25, 0.3) is 0 Å². The second-order valence-corrected chi connectivity index (χ2v) is 8.07. The number of piperazine rings is 1. The van der Waals surface area contributed by atoms with Crippen molar-refractivity contribution in [3.05, 3.63) is 22.4 Å². The highest BCUT2D eigenvalue weighted by molar-refractivity contribution is 14.0. The zero-order valence-corrected chi connectivity index (χ0v) is 19.8. The van der Waals surface area contributed by atoms with Gasteiger partial charge in [-0.05, 0) is 23.9 Å². The monoisotopic (exact) mass is 493 g/mol. The van der Waals surface area contributed by atoms with Gasteiger partial charge in [0, 0.05) is 63.7 Å². The van der Waals surface area contributed by atoms with Crippen LogP contribution in [0.5, 0.6) is 0 Å². The topological polar surface area (TPSA) is 42.9 Å². The van der Waals surface area contributed by atoms with Gasteiger partial charge in [0.05, 0.1) is 0 Å². The molecule has 1 aromatic rings. The summed E-state index contributed by atoms with van der Waals surface area (Å²) >= 11 is 1.82. The molecular formula is C19H36IN5S. The second kappa shape index (κ2) is 12.9. The number of rotatable bonds is 8. The number of nitrogens with one attached hydrogen (secondary N) is 2. The van der Waals surface area contributed by atoms with E-state index in [4.69, 9.17) is 0 Å². The highest BCUT2D eigenvalue weighted by atomic mass is 127. The smallest absolute Gasteiger partial charge is 0.191 e. The molecule has 0 spiro atoms. The first kappa shape index (κ1) is 23.7. The van der Waals surface area contributed by atoms with Gasteiger partial charge in [-0.15, -0.1) is 35.3 Å². The molecule has 0 radical (unpaired) electrons. The summed E-state index contributed by atoms with van der Waals surface area (Å²) in [6.45, 7) is 15.8. The first-order valence-electron chi connectivity index (χ1n) is 9.55. The summed E-state index contributed by atoms with van der Waals surface area (Å²) in [7, 11) is 1.85. The average Bonchev–Trinajstić information content (AvgIpc) is 3.17. The Morgan fingerprint density at radius 2 is 1.81 bits per heavy atom. The lowest BCUT2D eigenvalue weighted by atomic mass is 10.1. The van der Waals surface area contributed by atoms with Gasteiger partial charge in [0.1, 0.15) is 0 Å². The maximum absolute atomic E-state index is 4.36. The Balaban J connectivity index is 0.00000338. The Bertz CT molecular complexity index is 500. The van der Waals surface area contributed by atoms with Gasteiger partial charge < -0.3 is 20.4 Å². The van der Waals surface area contributed by atoms with E-state index in [-0.39, 0.29) is 24.0 Å². The van der Waals surface area contributed by atoms with Gasteiger partial charge in [-0.25, -0.2) is 0 Å². The van der Waals surface area contributed by atoms with Crippen molar-refractivity contribution in [3.63, 3.8) is 0 Å². The number of hydrogen-bond donors (Lipinski definition) is 2. The molecule has 2 N–H and O–H groups in total. The zero-order valence-electron chi connectivity index (χ0n) is 16.7. The largest absolute Gasteiger partial charge is 0.356 e. The van der Waals surface area contributed by atoms with Crippen LogP contribution in [0.15, 0.2) is 22.5 Å². The molecule has 0 aliphatic carbocycles. The average molecular weight is 494 g/mol. The van der Waals surface area contributed by atoms with Crippen molar-refractivity contribution in [2.45, 2.75) is 26.7 Å². The Kier molecular flexibility index (Phi) is 11.7. The molecule has 2 rings (SSSR count). The predicted octanol–water partition coefficient (Wildman–Crippen LogP) is 2.91. The number of halogens is 1. The lowest BCUT2D eigenvalue weighted by Crippen LogP contribution is -2.48. The maximum atomic E-state index is 4.36. The molecule has 1 aliphatic rings. The van der Waals surface area contributed by atoms with E-state index in [1.807, 2.05) is 18.4 Å². The number of aliphatic imine (C=N–C) groups is 1. The number of likely N-dealkylation sites (N-methyl/N-ethyl adjacent to an activating group) is 1. The lowest BCUT2D eigenvalue weighted by Gasteiger charge is -2.35. The van der Waals surface area contributed by atoms with Gasteiger partial charge in [-0.3, -0.25) is 4.99 Å². The quantitative estimate of drug-likeness (QED) is 0.332. The third-order valence-electron chi connectivity index (χ3n) is 4.93. The molecule has 150 valence electrons. The Hall–Kier alpha value is -0.380. The van der Waals surface area contributed by atoms with Crippen molar-refractivity contribution in [2.24, 2.45) is 10.9 Å². The van der Waals surface area contributed by atoms with Crippen molar-refractivity contribution in [2.75, 3.05) is 59.4 Å². The number of hydrogen-bond acceptors (Lipinski definition) is 4. The van der Waals surface area contributed by atoms with E-state index >= 15 is 0 Å². The minimum absolute atomic E-state index is 0. The van der Waals surface area contributed by atoms with E-state index in [0.29, 0.717) is 11.8 Å². The van der Waals surface area contributed by atoms with Crippen LogP contribution in [0.4, 0.5) is 0 Å². The van der Waals surface area contributed by atoms with Crippen molar-refractivity contribution in [1.29, 1.82) is 0 Å². The summed E-state index contributed by atoms with van der Waals surface area (Å²) in [6.07, 6.45) is 0. The Morgan fingerprint density at radius 3 is 2.38 bits per heavy atom. The van der Waals surface area contributed by atoms with E-state index < -0.39 is 0 Å². The molecule has 0 saturated carbocycles. The molecule has 1 saturated heterocycles. The minimum atomic E-state index is 0. The lowest BCUT2D eigenvalue weighted by molar-refractivity contribution is 0.124. The first-order chi connectivity index (χ1) is 12.1. The van der Waals surface area contributed by atoms with Gasteiger partial charge in [-0.1, -0.05) is 26.8 Å². The molecule has 7 heteroatoms. The van der Waals surface area contributed by atoms with Crippen molar-refractivity contribution in [3.8, 4) is 0 Å². The van der Waals surface area contributed by atoms with Crippen LogP contribution in [-0.2, 0) is 0 Å². The fourth-order valence-electron chi connectivity index (χ4n) is 3.21. The van der Waals surface area contributed by atoms with Crippen molar-refractivity contribution in [1.82, 2.24) is 20.4 Å². The molecule has 0 bridgehead atoms. The van der Waals surface area contributed by atoms with Gasteiger partial charge in [0.25, 0.3) is 0 Å². The van der Waals surface area contributed by atoms with E-state index in [1.165, 1.54) is 37.6 Å². The molecule has 5 nitrogen and oxygen atoms in total. The van der Waals surface area contributed by atoms with Crippen LogP contribution < -0.4 is 10.6 Å². The predicted molar refractivity (Wildman–Crippen MR) is 125 cm³/mol. The molecule has 2 unspecified atom stereocenters. The fraction of sp³-hybridized carbons (Fsp3) is 0.737. The van der Waals surface area contributed by atoms with Crippen LogP contribution in [0.1, 0.15) is 31.6 Å². The summed E-state index contributed by atoms with van der Waals surface area (Å²) < 4.78 is 0. The van der Waals surface area contributed by atoms with Crippen LogP contribution in [0.3, 0.4) is 0 Å². The normalized spacial score (nSPS) is 18.8. The summed E-state index contributed by atoms with van der Waals surface area (Å²) in [5.74, 6) is 2.03. The molecule has 1 aromatic heterocycles. The summed E-state index contributed by atoms with van der Waals surface area (Å²) in [4.78, 5) is 10.9. The van der Waals surface area contributed by atoms with Gasteiger partial charge >= 0.3 is 0 Å². The number of nitrogens with zero attached hydrogens (tertiary/aromatic N) is 3. The first-order valence-corrected chi connectivity index (χ1v) is 10.4. The molecular weight excluding hydrogens is 457 g/mol. The standard InChI is InChI=1S/C19H35N5S.HI/c1-5-23-8-10-24(11-9-23)15-16(2)13-21-19(20-4)22-14-17(3)18-7-6-12-25-18;/h6-7,12,16-17H,5,8-11,13-15H2,1-4H3,(H2,20,21,22);1H. The van der Waals surface area contributed by atoms with E-state index in [0.717, 1.165) is 25.6 Å². The van der Waals surface area contributed by atoms with E-state index in [1.54, 1.807) is 0 Å². The summed E-state index contributed by atoms with van der Waals surface area (Å²) in [5, 5.41) is 9.08. The van der Waals surface area contributed by atoms with Gasteiger partial charge in [0.15, 0.2) is 5.96 Å². The molecule has 26 heavy (non-hydrogen) atoms. The van der Waals surface area contributed by atoms with Crippen molar-refractivity contribution >= 4 is 41.3 Å².